The van der Waals surface area contributed by atoms with Gasteiger partial charge in [0, 0.05) is 11.5 Å². The highest BCUT2D eigenvalue weighted by Crippen LogP contribution is 2.19. The molecule has 116 valence electrons. The second-order valence-corrected chi connectivity index (χ2v) is 5.88. The maximum absolute atomic E-state index is 11.7. The van der Waals surface area contributed by atoms with Crippen LogP contribution in [0, 0.1) is 0 Å². The third-order valence-corrected chi connectivity index (χ3v) is 4.22. The molecular formula is C18H20O3S. The number of benzene rings is 2. The Morgan fingerprint density at radius 3 is 2.36 bits per heavy atom. The molecule has 2 aromatic carbocycles. The molecule has 0 bridgehead atoms. The van der Waals surface area contributed by atoms with Crippen LogP contribution in [0.4, 0.5) is 0 Å². The highest BCUT2D eigenvalue weighted by atomic mass is 32.2. The first-order valence-electron chi connectivity index (χ1n) is 7.25. The van der Waals surface area contributed by atoms with Crippen LogP contribution in [-0.2, 0) is 22.8 Å². The fourth-order valence-electron chi connectivity index (χ4n) is 2.11. The fourth-order valence-corrected chi connectivity index (χ4v) is 3.04. The lowest BCUT2D eigenvalue weighted by Gasteiger charge is -2.06. The van der Waals surface area contributed by atoms with Crippen molar-refractivity contribution in [2.24, 2.45) is 0 Å². The van der Waals surface area contributed by atoms with E-state index >= 15 is 0 Å². The first kappa shape index (κ1) is 16.6. The number of rotatable bonds is 7. The summed E-state index contributed by atoms with van der Waals surface area (Å²) in [6, 6.07) is 15.5. The van der Waals surface area contributed by atoms with Crippen molar-refractivity contribution in [1.82, 2.24) is 0 Å². The summed E-state index contributed by atoms with van der Waals surface area (Å²) in [5, 5.41) is 9.14. The Bertz CT molecular complexity index is 625. The van der Waals surface area contributed by atoms with Crippen molar-refractivity contribution in [1.29, 1.82) is 0 Å². The lowest BCUT2D eigenvalue weighted by Crippen LogP contribution is -2.04. The summed E-state index contributed by atoms with van der Waals surface area (Å²) in [4.78, 5) is 11.7. The molecule has 0 fully saturated rings. The van der Waals surface area contributed by atoms with E-state index in [1.54, 1.807) is 24.8 Å². The fraction of sp³-hybridized carbons (Fsp3) is 0.278. The van der Waals surface area contributed by atoms with Gasteiger partial charge in [-0.3, -0.25) is 0 Å². The quantitative estimate of drug-likeness (QED) is 0.790. The summed E-state index contributed by atoms with van der Waals surface area (Å²) in [6.07, 6.45) is 0. The van der Waals surface area contributed by atoms with E-state index in [9.17, 15) is 4.79 Å². The SMILES string of the molecule is CCOC(=O)c1cccc(CSCc2cccc(CO)c2)c1. The Labute approximate surface area is 135 Å². The van der Waals surface area contributed by atoms with Crippen molar-refractivity contribution in [3.8, 4) is 0 Å². The van der Waals surface area contributed by atoms with Crippen LogP contribution in [0.15, 0.2) is 48.5 Å². The van der Waals surface area contributed by atoms with Gasteiger partial charge in [-0.25, -0.2) is 4.79 Å². The summed E-state index contributed by atoms with van der Waals surface area (Å²) in [6.45, 7) is 2.26. The molecule has 0 atom stereocenters. The van der Waals surface area contributed by atoms with Crippen molar-refractivity contribution < 1.29 is 14.6 Å². The van der Waals surface area contributed by atoms with Crippen LogP contribution in [0.2, 0.25) is 0 Å². The molecule has 22 heavy (non-hydrogen) atoms. The maximum Gasteiger partial charge on any atom is 0.338 e. The zero-order valence-electron chi connectivity index (χ0n) is 12.6. The largest absolute Gasteiger partial charge is 0.462 e. The summed E-state index contributed by atoms with van der Waals surface area (Å²) < 4.78 is 5.01. The number of thioether (sulfide) groups is 1. The molecule has 2 aromatic rings. The number of carbonyl (C=O) groups excluding carboxylic acids is 1. The van der Waals surface area contributed by atoms with E-state index in [-0.39, 0.29) is 12.6 Å². The molecule has 0 saturated carbocycles. The maximum atomic E-state index is 11.7. The van der Waals surface area contributed by atoms with Crippen LogP contribution in [0.25, 0.3) is 0 Å². The van der Waals surface area contributed by atoms with Gasteiger partial charge in [0.2, 0.25) is 0 Å². The monoisotopic (exact) mass is 316 g/mol. The molecule has 0 aliphatic carbocycles. The van der Waals surface area contributed by atoms with Crippen molar-refractivity contribution in [2.45, 2.75) is 25.0 Å². The van der Waals surface area contributed by atoms with Gasteiger partial charge in [0.05, 0.1) is 18.8 Å². The number of aliphatic hydroxyl groups excluding tert-OH is 1. The Morgan fingerprint density at radius 1 is 1.05 bits per heavy atom. The molecule has 0 unspecified atom stereocenters. The topological polar surface area (TPSA) is 46.5 Å². The zero-order chi connectivity index (χ0) is 15.8. The minimum atomic E-state index is -0.273. The van der Waals surface area contributed by atoms with Crippen molar-refractivity contribution in [3.63, 3.8) is 0 Å². The molecule has 0 saturated heterocycles. The van der Waals surface area contributed by atoms with Gasteiger partial charge in [-0.15, -0.1) is 0 Å². The Kier molecular flexibility index (Phi) is 6.49. The smallest absolute Gasteiger partial charge is 0.338 e. The van der Waals surface area contributed by atoms with E-state index < -0.39 is 0 Å². The lowest BCUT2D eigenvalue weighted by molar-refractivity contribution is 0.0526. The molecule has 0 radical (unpaired) electrons. The van der Waals surface area contributed by atoms with E-state index in [1.807, 2.05) is 36.4 Å². The number of carbonyl (C=O) groups is 1. The normalized spacial score (nSPS) is 10.5. The lowest BCUT2D eigenvalue weighted by atomic mass is 10.1. The molecule has 4 heteroatoms. The minimum absolute atomic E-state index is 0.0695. The van der Waals surface area contributed by atoms with Gasteiger partial charge < -0.3 is 9.84 Å². The summed E-state index contributed by atoms with van der Waals surface area (Å²) in [5.41, 5.74) is 3.83. The van der Waals surface area contributed by atoms with Gasteiger partial charge in [0.15, 0.2) is 0 Å². The molecule has 0 amide bonds. The second-order valence-electron chi connectivity index (χ2n) is 4.89. The summed E-state index contributed by atoms with van der Waals surface area (Å²) in [7, 11) is 0. The molecule has 0 heterocycles. The highest BCUT2D eigenvalue weighted by molar-refractivity contribution is 7.97. The number of aliphatic hydroxyl groups is 1. The average molecular weight is 316 g/mol. The molecule has 0 aromatic heterocycles. The first-order valence-corrected chi connectivity index (χ1v) is 8.41. The van der Waals surface area contributed by atoms with Crippen molar-refractivity contribution >= 4 is 17.7 Å². The number of hydrogen-bond acceptors (Lipinski definition) is 4. The Hall–Kier alpha value is -1.78. The van der Waals surface area contributed by atoms with Crippen LogP contribution < -0.4 is 0 Å². The van der Waals surface area contributed by atoms with Gasteiger partial charge in [-0.1, -0.05) is 36.4 Å². The van der Waals surface area contributed by atoms with Crippen LogP contribution >= 0.6 is 11.8 Å². The zero-order valence-corrected chi connectivity index (χ0v) is 13.4. The molecular weight excluding hydrogens is 296 g/mol. The minimum Gasteiger partial charge on any atom is -0.462 e. The van der Waals surface area contributed by atoms with E-state index in [1.165, 1.54) is 5.56 Å². The van der Waals surface area contributed by atoms with Gasteiger partial charge in [0.25, 0.3) is 0 Å². The van der Waals surface area contributed by atoms with Gasteiger partial charge in [0.1, 0.15) is 0 Å². The number of ether oxygens (including phenoxy) is 1. The highest BCUT2D eigenvalue weighted by Gasteiger charge is 2.06. The van der Waals surface area contributed by atoms with Crippen molar-refractivity contribution in [2.75, 3.05) is 6.61 Å². The molecule has 0 aliphatic rings. The van der Waals surface area contributed by atoms with Gasteiger partial charge in [-0.2, -0.15) is 11.8 Å². The first-order chi connectivity index (χ1) is 10.7. The van der Waals surface area contributed by atoms with Crippen LogP contribution in [0.3, 0.4) is 0 Å². The van der Waals surface area contributed by atoms with E-state index in [0.29, 0.717) is 12.2 Å². The Morgan fingerprint density at radius 2 is 1.68 bits per heavy atom. The van der Waals surface area contributed by atoms with E-state index in [0.717, 1.165) is 22.6 Å². The van der Waals surface area contributed by atoms with Crippen LogP contribution in [0.1, 0.15) is 34.0 Å². The average Bonchev–Trinajstić information content (AvgIpc) is 2.55. The summed E-state index contributed by atoms with van der Waals surface area (Å²) >= 11 is 1.78. The predicted molar refractivity (Wildman–Crippen MR) is 89.8 cm³/mol. The van der Waals surface area contributed by atoms with E-state index in [4.69, 9.17) is 9.84 Å². The third-order valence-electron chi connectivity index (χ3n) is 3.15. The molecule has 3 nitrogen and oxygen atoms in total. The standard InChI is InChI=1S/C18H20O3S/c1-2-21-18(20)17-8-4-7-16(10-17)13-22-12-15-6-3-5-14(9-15)11-19/h3-10,19H,2,11-13H2,1H3. The van der Waals surface area contributed by atoms with Crippen molar-refractivity contribution in [3.05, 3.63) is 70.8 Å². The van der Waals surface area contributed by atoms with Gasteiger partial charge in [-0.05, 0) is 35.7 Å². The van der Waals surface area contributed by atoms with E-state index in [2.05, 4.69) is 6.07 Å². The summed E-state index contributed by atoms with van der Waals surface area (Å²) in [5.74, 6) is 1.43. The third kappa shape index (κ3) is 4.90. The molecule has 0 spiro atoms. The van der Waals surface area contributed by atoms with Crippen LogP contribution in [0.5, 0.6) is 0 Å². The molecule has 0 aliphatic heterocycles. The van der Waals surface area contributed by atoms with Crippen LogP contribution in [-0.4, -0.2) is 17.7 Å². The Balaban J connectivity index is 1.91. The second kappa shape index (κ2) is 8.61. The number of hydrogen-bond donors (Lipinski definition) is 1. The molecule has 2 rings (SSSR count). The number of esters is 1. The van der Waals surface area contributed by atoms with Gasteiger partial charge >= 0.3 is 5.97 Å². The molecule has 1 N–H and O–H groups in total. The predicted octanol–water partition coefficient (Wildman–Crippen LogP) is 3.79.